The second-order valence-electron chi connectivity index (χ2n) is 4.01. The number of carbonyl (C=O) groups excluding carboxylic acids is 2. The lowest BCUT2D eigenvalue weighted by Crippen LogP contribution is -2.12. The summed E-state index contributed by atoms with van der Waals surface area (Å²) < 4.78 is 23.2. The van der Waals surface area contributed by atoms with Crippen molar-refractivity contribution in [2.75, 3.05) is 6.61 Å². The summed E-state index contributed by atoms with van der Waals surface area (Å²) >= 11 is 3.13. The minimum atomic E-state index is -0.669. The predicted octanol–water partition coefficient (Wildman–Crippen LogP) is 3.62. The molecule has 1 aromatic heterocycles. The van der Waals surface area contributed by atoms with Crippen LogP contribution in [0.4, 0.5) is 4.39 Å². The van der Waals surface area contributed by atoms with Gasteiger partial charge in [-0.25, -0.2) is 9.18 Å². The Bertz CT molecular complexity index is 673. The summed E-state index contributed by atoms with van der Waals surface area (Å²) in [5.74, 6) is -1.03. The first-order chi connectivity index (χ1) is 10.0. The maximum atomic E-state index is 12.7. The van der Waals surface area contributed by atoms with Crippen molar-refractivity contribution in [2.24, 2.45) is 0 Å². The number of Topliss-reactive ketones (excluding diaryl/α,β-unsaturated/α-hetero) is 1. The molecule has 1 aromatic carbocycles. The van der Waals surface area contributed by atoms with Gasteiger partial charge in [0.05, 0.1) is 0 Å². The third-order valence-corrected chi connectivity index (χ3v) is 2.92. The molecule has 0 atom stereocenters. The topological polar surface area (TPSA) is 56.5 Å². The zero-order chi connectivity index (χ0) is 15.2. The molecule has 0 saturated heterocycles. The third kappa shape index (κ3) is 4.68. The van der Waals surface area contributed by atoms with Crippen LogP contribution in [-0.4, -0.2) is 18.4 Å². The van der Waals surface area contributed by atoms with Crippen molar-refractivity contribution in [3.8, 4) is 0 Å². The van der Waals surface area contributed by atoms with E-state index in [-0.39, 0.29) is 5.56 Å². The average Bonchev–Trinajstić information content (AvgIpc) is 2.89. The fraction of sp³-hybridized carbons (Fsp3) is 0.0667. The molecule has 0 saturated carbocycles. The molecule has 0 spiro atoms. The SMILES string of the molecule is O=C(/C=C/c1ccc(Br)o1)OCC(=O)c1ccc(F)cc1. The second kappa shape index (κ2) is 6.99. The van der Waals surface area contributed by atoms with Crippen LogP contribution in [-0.2, 0) is 9.53 Å². The summed E-state index contributed by atoms with van der Waals surface area (Å²) in [6, 6.07) is 8.36. The van der Waals surface area contributed by atoms with E-state index in [0.717, 1.165) is 6.08 Å². The van der Waals surface area contributed by atoms with Gasteiger partial charge in [0, 0.05) is 11.6 Å². The smallest absolute Gasteiger partial charge is 0.331 e. The third-order valence-electron chi connectivity index (χ3n) is 2.49. The number of ether oxygens (including phenoxy) is 1. The average molecular weight is 353 g/mol. The van der Waals surface area contributed by atoms with E-state index in [1.54, 1.807) is 12.1 Å². The molecule has 6 heteroatoms. The molecular formula is C15H10BrFO4. The Balaban J connectivity index is 1.85. The Labute approximate surface area is 128 Å². The van der Waals surface area contributed by atoms with E-state index in [1.165, 1.54) is 30.3 Å². The van der Waals surface area contributed by atoms with Crippen molar-refractivity contribution in [3.63, 3.8) is 0 Å². The summed E-state index contributed by atoms with van der Waals surface area (Å²) in [7, 11) is 0. The fourth-order valence-electron chi connectivity index (χ4n) is 1.47. The monoisotopic (exact) mass is 352 g/mol. The van der Waals surface area contributed by atoms with E-state index in [0.29, 0.717) is 10.4 Å². The fourth-order valence-corrected chi connectivity index (χ4v) is 1.79. The number of ketones is 1. The molecule has 0 aliphatic heterocycles. The zero-order valence-electron chi connectivity index (χ0n) is 10.7. The van der Waals surface area contributed by atoms with Crippen LogP contribution in [0.25, 0.3) is 6.08 Å². The minimum absolute atomic E-state index is 0.281. The molecule has 4 nitrogen and oxygen atoms in total. The number of carbonyl (C=O) groups is 2. The van der Waals surface area contributed by atoms with E-state index < -0.39 is 24.2 Å². The molecule has 2 aromatic rings. The number of halogens is 2. The zero-order valence-corrected chi connectivity index (χ0v) is 12.3. The van der Waals surface area contributed by atoms with Gasteiger partial charge in [0.1, 0.15) is 11.6 Å². The maximum absolute atomic E-state index is 12.7. The van der Waals surface area contributed by atoms with Crippen molar-refractivity contribution in [1.82, 2.24) is 0 Å². The van der Waals surface area contributed by atoms with Gasteiger partial charge in [-0.2, -0.15) is 0 Å². The van der Waals surface area contributed by atoms with Crippen LogP contribution in [0, 0.1) is 5.82 Å². The molecule has 0 radical (unpaired) electrons. The number of rotatable bonds is 5. The van der Waals surface area contributed by atoms with Crippen LogP contribution < -0.4 is 0 Å². The normalized spacial score (nSPS) is 10.8. The highest BCUT2D eigenvalue weighted by Crippen LogP contribution is 2.15. The molecule has 0 aliphatic rings. The highest BCUT2D eigenvalue weighted by molar-refractivity contribution is 9.10. The van der Waals surface area contributed by atoms with Crippen LogP contribution >= 0.6 is 15.9 Å². The first kappa shape index (κ1) is 15.2. The standard InChI is InChI=1S/C15H10BrFO4/c16-14-7-5-12(21-14)6-8-15(19)20-9-13(18)10-1-3-11(17)4-2-10/h1-8H,9H2/b8-6+. The summed E-state index contributed by atoms with van der Waals surface area (Å²) in [4.78, 5) is 23.1. The Morgan fingerprint density at radius 2 is 1.90 bits per heavy atom. The molecule has 0 amide bonds. The number of hydrogen-bond donors (Lipinski definition) is 0. The summed E-state index contributed by atoms with van der Waals surface area (Å²) in [6.45, 7) is -0.406. The maximum Gasteiger partial charge on any atom is 0.331 e. The van der Waals surface area contributed by atoms with Gasteiger partial charge in [0.2, 0.25) is 0 Å². The van der Waals surface area contributed by atoms with Gasteiger partial charge in [-0.05, 0) is 58.4 Å². The van der Waals surface area contributed by atoms with E-state index in [2.05, 4.69) is 15.9 Å². The van der Waals surface area contributed by atoms with Gasteiger partial charge in [0.25, 0.3) is 0 Å². The molecule has 2 rings (SSSR count). The summed E-state index contributed by atoms with van der Waals surface area (Å²) in [5, 5.41) is 0. The Morgan fingerprint density at radius 1 is 1.19 bits per heavy atom. The van der Waals surface area contributed by atoms with Gasteiger partial charge >= 0.3 is 5.97 Å². The van der Waals surface area contributed by atoms with Gasteiger partial charge in [-0.15, -0.1) is 0 Å². The van der Waals surface area contributed by atoms with E-state index in [9.17, 15) is 14.0 Å². The van der Waals surface area contributed by atoms with Crippen molar-refractivity contribution in [1.29, 1.82) is 0 Å². The van der Waals surface area contributed by atoms with Crippen LogP contribution in [0.3, 0.4) is 0 Å². The molecule has 0 fully saturated rings. The lowest BCUT2D eigenvalue weighted by molar-refractivity contribution is -0.136. The molecular weight excluding hydrogens is 343 g/mol. The summed E-state index contributed by atoms with van der Waals surface area (Å²) in [5.41, 5.74) is 0.281. The van der Waals surface area contributed by atoms with Gasteiger partial charge in [-0.1, -0.05) is 0 Å². The number of esters is 1. The van der Waals surface area contributed by atoms with Crippen molar-refractivity contribution in [2.45, 2.75) is 0 Å². The molecule has 1 heterocycles. The first-order valence-corrected chi connectivity index (χ1v) is 6.73. The molecule has 0 aliphatic carbocycles. The van der Waals surface area contributed by atoms with Crippen LogP contribution in [0.15, 0.2) is 51.6 Å². The molecule has 21 heavy (non-hydrogen) atoms. The largest absolute Gasteiger partial charge is 0.454 e. The Hall–Kier alpha value is -2.21. The lowest BCUT2D eigenvalue weighted by atomic mass is 10.1. The van der Waals surface area contributed by atoms with Crippen molar-refractivity contribution >= 4 is 33.8 Å². The molecule has 108 valence electrons. The highest BCUT2D eigenvalue weighted by Gasteiger charge is 2.08. The first-order valence-electron chi connectivity index (χ1n) is 5.93. The van der Waals surface area contributed by atoms with Crippen LogP contribution in [0.5, 0.6) is 0 Å². The minimum Gasteiger partial charge on any atom is -0.454 e. The number of benzene rings is 1. The van der Waals surface area contributed by atoms with E-state index in [1.807, 2.05) is 0 Å². The second-order valence-corrected chi connectivity index (χ2v) is 4.79. The van der Waals surface area contributed by atoms with Crippen LogP contribution in [0.2, 0.25) is 0 Å². The predicted molar refractivity (Wildman–Crippen MR) is 77.1 cm³/mol. The molecule has 0 N–H and O–H groups in total. The van der Waals surface area contributed by atoms with Crippen molar-refractivity contribution < 1.29 is 23.1 Å². The lowest BCUT2D eigenvalue weighted by Gasteiger charge is -2.01. The van der Waals surface area contributed by atoms with E-state index >= 15 is 0 Å². The molecule has 0 unspecified atom stereocenters. The van der Waals surface area contributed by atoms with Gasteiger partial charge in [0.15, 0.2) is 17.1 Å². The van der Waals surface area contributed by atoms with Gasteiger partial charge in [-0.3, -0.25) is 4.79 Å². The number of furan rings is 1. The highest BCUT2D eigenvalue weighted by atomic mass is 79.9. The number of hydrogen-bond acceptors (Lipinski definition) is 4. The molecule has 0 bridgehead atoms. The van der Waals surface area contributed by atoms with E-state index in [4.69, 9.17) is 9.15 Å². The Kier molecular flexibility index (Phi) is 5.05. The summed E-state index contributed by atoms with van der Waals surface area (Å²) in [6.07, 6.45) is 2.58. The van der Waals surface area contributed by atoms with Crippen LogP contribution in [0.1, 0.15) is 16.1 Å². The van der Waals surface area contributed by atoms with Crippen molar-refractivity contribution in [3.05, 3.63) is 64.3 Å². The Morgan fingerprint density at radius 3 is 2.52 bits per heavy atom. The quantitative estimate of drug-likeness (QED) is 0.468. The van der Waals surface area contributed by atoms with Gasteiger partial charge < -0.3 is 9.15 Å².